The summed E-state index contributed by atoms with van der Waals surface area (Å²) in [5.41, 5.74) is 0. The summed E-state index contributed by atoms with van der Waals surface area (Å²) in [6.45, 7) is 9.29. The SMILES string of the molecule is CC(C)CN1CCN(C(=O)Cn2cnnn2)CC1. The van der Waals surface area contributed by atoms with Crippen LogP contribution < -0.4 is 0 Å². The summed E-state index contributed by atoms with van der Waals surface area (Å²) in [4.78, 5) is 16.3. The van der Waals surface area contributed by atoms with Crippen LogP contribution in [-0.2, 0) is 11.3 Å². The highest BCUT2D eigenvalue weighted by atomic mass is 16.2. The number of amides is 1. The van der Waals surface area contributed by atoms with E-state index in [0.717, 1.165) is 32.7 Å². The zero-order chi connectivity index (χ0) is 13.0. The monoisotopic (exact) mass is 252 g/mol. The number of nitrogens with zero attached hydrogens (tertiary/aromatic N) is 6. The lowest BCUT2D eigenvalue weighted by molar-refractivity contribution is -0.133. The first-order valence-corrected chi connectivity index (χ1v) is 6.36. The Bertz CT molecular complexity index is 369. The Kier molecular flexibility index (Phi) is 4.24. The van der Waals surface area contributed by atoms with Gasteiger partial charge in [0.2, 0.25) is 5.91 Å². The van der Waals surface area contributed by atoms with Gasteiger partial charge in [0.15, 0.2) is 0 Å². The maximum atomic E-state index is 12.0. The van der Waals surface area contributed by atoms with E-state index < -0.39 is 0 Å². The predicted octanol–water partition coefficient (Wildman–Crippen LogP) is -0.527. The summed E-state index contributed by atoms with van der Waals surface area (Å²) in [6.07, 6.45) is 1.47. The van der Waals surface area contributed by atoms with Crippen molar-refractivity contribution in [2.24, 2.45) is 5.92 Å². The lowest BCUT2D eigenvalue weighted by Gasteiger charge is -2.35. The van der Waals surface area contributed by atoms with Gasteiger partial charge >= 0.3 is 0 Å². The molecule has 1 fully saturated rings. The van der Waals surface area contributed by atoms with E-state index in [-0.39, 0.29) is 12.5 Å². The molecule has 7 nitrogen and oxygen atoms in total. The van der Waals surface area contributed by atoms with Crippen molar-refractivity contribution in [1.29, 1.82) is 0 Å². The van der Waals surface area contributed by atoms with Gasteiger partial charge in [-0.25, -0.2) is 4.68 Å². The van der Waals surface area contributed by atoms with E-state index in [1.165, 1.54) is 11.0 Å². The van der Waals surface area contributed by atoms with Crippen LogP contribution in [-0.4, -0.2) is 68.6 Å². The minimum Gasteiger partial charge on any atom is -0.339 e. The summed E-state index contributed by atoms with van der Waals surface area (Å²) in [5.74, 6) is 0.764. The normalized spacial score (nSPS) is 17.4. The van der Waals surface area contributed by atoms with Crippen molar-refractivity contribution in [3.8, 4) is 0 Å². The summed E-state index contributed by atoms with van der Waals surface area (Å²) in [7, 11) is 0. The third kappa shape index (κ3) is 3.49. The van der Waals surface area contributed by atoms with Gasteiger partial charge in [-0.15, -0.1) is 5.10 Å². The average molecular weight is 252 g/mol. The van der Waals surface area contributed by atoms with Gasteiger partial charge in [-0.1, -0.05) is 13.8 Å². The van der Waals surface area contributed by atoms with Crippen molar-refractivity contribution >= 4 is 5.91 Å². The fraction of sp³-hybridized carbons (Fsp3) is 0.818. The van der Waals surface area contributed by atoms with E-state index in [9.17, 15) is 4.79 Å². The molecule has 1 aliphatic heterocycles. The lowest BCUT2D eigenvalue weighted by Crippen LogP contribution is -2.50. The standard InChI is InChI=1S/C11H20N6O/c1-10(2)7-15-3-5-16(6-4-15)11(18)8-17-9-12-13-14-17/h9-10H,3-8H2,1-2H3. The molecule has 0 atom stereocenters. The highest BCUT2D eigenvalue weighted by Gasteiger charge is 2.21. The van der Waals surface area contributed by atoms with Gasteiger partial charge in [0.1, 0.15) is 12.9 Å². The molecule has 0 spiro atoms. The molecule has 0 radical (unpaired) electrons. The van der Waals surface area contributed by atoms with E-state index in [0.29, 0.717) is 5.92 Å². The third-order valence-corrected chi connectivity index (χ3v) is 3.04. The molecule has 0 aromatic carbocycles. The smallest absolute Gasteiger partial charge is 0.244 e. The highest BCUT2D eigenvalue weighted by molar-refractivity contribution is 5.75. The van der Waals surface area contributed by atoms with E-state index >= 15 is 0 Å². The first kappa shape index (κ1) is 12.9. The van der Waals surface area contributed by atoms with Crippen LogP contribution in [0.3, 0.4) is 0 Å². The topological polar surface area (TPSA) is 67.2 Å². The number of aromatic nitrogens is 4. The Labute approximate surface area is 107 Å². The zero-order valence-electron chi connectivity index (χ0n) is 11.0. The summed E-state index contributed by atoms with van der Waals surface area (Å²) in [6, 6.07) is 0. The van der Waals surface area contributed by atoms with Crippen molar-refractivity contribution in [3.05, 3.63) is 6.33 Å². The largest absolute Gasteiger partial charge is 0.339 e. The predicted molar refractivity (Wildman–Crippen MR) is 65.7 cm³/mol. The number of hydrogen-bond donors (Lipinski definition) is 0. The minimum absolute atomic E-state index is 0.0893. The summed E-state index contributed by atoms with van der Waals surface area (Å²) < 4.78 is 1.46. The molecule has 2 rings (SSSR count). The van der Waals surface area contributed by atoms with E-state index in [1.807, 2.05) is 4.90 Å². The maximum Gasteiger partial charge on any atom is 0.244 e. The summed E-state index contributed by atoms with van der Waals surface area (Å²) in [5, 5.41) is 10.7. The van der Waals surface area contributed by atoms with Crippen LogP contribution >= 0.6 is 0 Å². The Balaban J connectivity index is 1.77. The quantitative estimate of drug-likeness (QED) is 0.721. The number of tetrazole rings is 1. The van der Waals surface area contributed by atoms with Crippen molar-refractivity contribution in [2.75, 3.05) is 32.7 Å². The molecule has 2 heterocycles. The zero-order valence-corrected chi connectivity index (χ0v) is 11.0. The van der Waals surface area contributed by atoms with E-state index in [1.54, 1.807) is 0 Å². The molecular weight excluding hydrogens is 232 g/mol. The highest BCUT2D eigenvalue weighted by Crippen LogP contribution is 2.05. The summed E-state index contributed by atoms with van der Waals surface area (Å²) >= 11 is 0. The van der Waals surface area contributed by atoms with Crippen LogP contribution in [0.2, 0.25) is 0 Å². The number of rotatable bonds is 4. The molecule has 100 valence electrons. The van der Waals surface area contributed by atoms with Crippen LogP contribution in [0.15, 0.2) is 6.33 Å². The van der Waals surface area contributed by atoms with Gasteiger partial charge in [0.05, 0.1) is 0 Å². The van der Waals surface area contributed by atoms with Gasteiger partial charge in [-0.3, -0.25) is 9.69 Å². The molecular formula is C11H20N6O. The maximum absolute atomic E-state index is 12.0. The molecule has 1 aliphatic rings. The molecule has 18 heavy (non-hydrogen) atoms. The van der Waals surface area contributed by atoms with Gasteiger partial charge in [-0.05, 0) is 16.3 Å². The number of piperazine rings is 1. The van der Waals surface area contributed by atoms with Crippen LogP contribution in [0.25, 0.3) is 0 Å². The average Bonchev–Trinajstić information content (AvgIpc) is 2.82. The number of carbonyl (C=O) groups excluding carboxylic acids is 1. The molecule has 7 heteroatoms. The van der Waals surface area contributed by atoms with Crippen LogP contribution in [0, 0.1) is 5.92 Å². The molecule has 0 N–H and O–H groups in total. The molecule has 0 unspecified atom stereocenters. The molecule has 0 aliphatic carbocycles. The fourth-order valence-electron chi connectivity index (χ4n) is 2.19. The van der Waals surface area contributed by atoms with E-state index in [4.69, 9.17) is 0 Å². The van der Waals surface area contributed by atoms with Crippen molar-refractivity contribution < 1.29 is 4.79 Å². The molecule has 1 aromatic heterocycles. The third-order valence-electron chi connectivity index (χ3n) is 3.04. The van der Waals surface area contributed by atoms with Crippen LogP contribution in [0.5, 0.6) is 0 Å². The first-order chi connectivity index (χ1) is 8.65. The Morgan fingerprint density at radius 3 is 2.56 bits per heavy atom. The Hall–Kier alpha value is -1.50. The minimum atomic E-state index is 0.0893. The molecule has 0 bridgehead atoms. The second-order valence-corrected chi connectivity index (χ2v) is 5.08. The molecule has 1 saturated heterocycles. The number of carbonyl (C=O) groups is 1. The molecule has 0 saturated carbocycles. The second-order valence-electron chi connectivity index (χ2n) is 5.08. The van der Waals surface area contributed by atoms with Crippen LogP contribution in [0.1, 0.15) is 13.8 Å². The van der Waals surface area contributed by atoms with Gasteiger partial charge in [0, 0.05) is 32.7 Å². The van der Waals surface area contributed by atoms with E-state index in [2.05, 4.69) is 34.3 Å². The van der Waals surface area contributed by atoms with Crippen molar-refractivity contribution in [2.45, 2.75) is 20.4 Å². The van der Waals surface area contributed by atoms with Crippen LogP contribution in [0.4, 0.5) is 0 Å². The lowest BCUT2D eigenvalue weighted by atomic mass is 10.2. The van der Waals surface area contributed by atoms with Gasteiger partial charge in [-0.2, -0.15) is 0 Å². The van der Waals surface area contributed by atoms with Crippen molar-refractivity contribution in [3.63, 3.8) is 0 Å². The number of hydrogen-bond acceptors (Lipinski definition) is 5. The fourth-order valence-corrected chi connectivity index (χ4v) is 2.19. The Morgan fingerprint density at radius 1 is 1.28 bits per heavy atom. The molecule has 1 amide bonds. The second kappa shape index (κ2) is 5.90. The van der Waals surface area contributed by atoms with Gasteiger partial charge in [0.25, 0.3) is 0 Å². The first-order valence-electron chi connectivity index (χ1n) is 6.36. The Morgan fingerprint density at radius 2 is 2.00 bits per heavy atom. The van der Waals surface area contributed by atoms with Crippen molar-refractivity contribution in [1.82, 2.24) is 30.0 Å². The van der Waals surface area contributed by atoms with Gasteiger partial charge < -0.3 is 4.90 Å². The molecule has 1 aromatic rings.